The Morgan fingerprint density at radius 1 is 1.13 bits per heavy atom. The van der Waals surface area contributed by atoms with Crippen LogP contribution in [0.25, 0.3) is 0 Å². The lowest BCUT2D eigenvalue weighted by atomic mass is 9.97. The van der Waals surface area contributed by atoms with Gasteiger partial charge in [-0.15, -0.1) is 0 Å². The molecule has 0 aliphatic carbocycles. The zero-order valence-corrected chi connectivity index (χ0v) is 17.9. The number of sulfonamides is 1. The number of anilines is 1. The van der Waals surface area contributed by atoms with E-state index in [1.807, 2.05) is 6.07 Å². The fourth-order valence-corrected chi connectivity index (χ4v) is 4.89. The predicted octanol–water partition coefficient (Wildman–Crippen LogP) is 2.77. The summed E-state index contributed by atoms with van der Waals surface area (Å²) in [7, 11) is -3.69. The van der Waals surface area contributed by atoms with Gasteiger partial charge in [-0.25, -0.2) is 13.2 Å². The molecule has 3 rings (SSSR count). The Hall–Kier alpha value is -3.22. The molecule has 162 valence electrons. The summed E-state index contributed by atoms with van der Waals surface area (Å²) in [6.07, 6.45) is 0.728. The van der Waals surface area contributed by atoms with Crippen LogP contribution in [0.2, 0.25) is 0 Å². The largest absolute Gasteiger partial charge is 0.462 e. The van der Waals surface area contributed by atoms with Gasteiger partial charge in [-0.3, -0.25) is 4.79 Å². The Morgan fingerprint density at radius 3 is 2.39 bits per heavy atom. The SMILES string of the molecule is CCOC(=O)c1ccccc1NC(=O)C1CCN(S(=O)(=O)c2ccc(C#N)cc2)CC1. The molecule has 9 heteroatoms. The summed E-state index contributed by atoms with van der Waals surface area (Å²) in [6.45, 7) is 2.35. The number of nitrogens with one attached hydrogen (secondary N) is 1. The average Bonchev–Trinajstić information content (AvgIpc) is 2.79. The van der Waals surface area contributed by atoms with Gasteiger partial charge in [-0.05, 0) is 56.2 Å². The fourth-order valence-electron chi connectivity index (χ4n) is 3.42. The third-order valence-electron chi connectivity index (χ3n) is 5.13. The molecule has 31 heavy (non-hydrogen) atoms. The van der Waals surface area contributed by atoms with E-state index in [0.29, 0.717) is 24.1 Å². The molecule has 1 aliphatic heterocycles. The fraction of sp³-hybridized carbons (Fsp3) is 0.318. The van der Waals surface area contributed by atoms with Crippen molar-refractivity contribution < 1.29 is 22.7 Å². The molecule has 1 N–H and O–H groups in total. The van der Waals surface area contributed by atoms with Crippen LogP contribution in [0.4, 0.5) is 5.69 Å². The smallest absolute Gasteiger partial charge is 0.340 e. The number of benzene rings is 2. The number of ether oxygens (including phenoxy) is 1. The monoisotopic (exact) mass is 441 g/mol. The van der Waals surface area contributed by atoms with E-state index in [9.17, 15) is 18.0 Å². The second kappa shape index (κ2) is 9.73. The molecule has 0 unspecified atom stereocenters. The van der Waals surface area contributed by atoms with E-state index in [1.54, 1.807) is 31.2 Å². The van der Waals surface area contributed by atoms with Crippen LogP contribution in [0.3, 0.4) is 0 Å². The van der Waals surface area contributed by atoms with Crippen molar-refractivity contribution in [3.05, 3.63) is 59.7 Å². The van der Waals surface area contributed by atoms with Crippen molar-refractivity contribution in [3.63, 3.8) is 0 Å². The lowest BCUT2D eigenvalue weighted by molar-refractivity contribution is -0.120. The van der Waals surface area contributed by atoms with Gasteiger partial charge >= 0.3 is 5.97 Å². The number of nitrogens with zero attached hydrogens (tertiary/aromatic N) is 2. The van der Waals surface area contributed by atoms with E-state index >= 15 is 0 Å². The molecule has 2 aromatic carbocycles. The Labute approximate surface area is 181 Å². The summed E-state index contributed by atoms with van der Waals surface area (Å²) in [4.78, 5) is 24.9. The highest BCUT2D eigenvalue weighted by Crippen LogP contribution is 2.26. The summed E-state index contributed by atoms with van der Waals surface area (Å²) in [5.74, 6) is -1.14. The minimum Gasteiger partial charge on any atom is -0.462 e. The Bertz CT molecular complexity index is 1100. The number of para-hydroxylation sites is 1. The van der Waals surface area contributed by atoms with Gasteiger partial charge < -0.3 is 10.1 Å². The molecule has 0 aromatic heterocycles. The number of nitriles is 1. The average molecular weight is 442 g/mol. The van der Waals surface area contributed by atoms with E-state index in [-0.39, 0.29) is 42.0 Å². The molecule has 1 heterocycles. The first-order valence-electron chi connectivity index (χ1n) is 9.94. The second-order valence-corrected chi connectivity index (χ2v) is 9.01. The van der Waals surface area contributed by atoms with Gasteiger partial charge in [0.1, 0.15) is 0 Å². The number of amides is 1. The summed E-state index contributed by atoms with van der Waals surface area (Å²) < 4.78 is 32.0. The van der Waals surface area contributed by atoms with Gasteiger partial charge in [0.2, 0.25) is 15.9 Å². The van der Waals surface area contributed by atoms with Gasteiger partial charge in [-0.1, -0.05) is 12.1 Å². The van der Waals surface area contributed by atoms with Crippen LogP contribution in [0.1, 0.15) is 35.7 Å². The molecule has 8 nitrogen and oxygen atoms in total. The van der Waals surface area contributed by atoms with Crippen LogP contribution in [0.15, 0.2) is 53.4 Å². The van der Waals surface area contributed by atoms with Gasteiger partial charge in [0.05, 0.1) is 34.4 Å². The molecule has 0 bridgehead atoms. The van der Waals surface area contributed by atoms with E-state index < -0.39 is 16.0 Å². The normalized spacial score (nSPS) is 15.1. The predicted molar refractivity (Wildman–Crippen MR) is 114 cm³/mol. The Balaban J connectivity index is 1.64. The van der Waals surface area contributed by atoms with Gasteiger partial charge in [0, 0.05) is 19.0 Å². The number of piperidine rings is 1. The van der Waals surface area contributed by atoms with Crippen molar-refractivity contribution in [2.75, 3.05) is 25.0 Å². The zero-order valence-electron chi connectivity index (χ0n) is 17.1. The highest BCUT2D eigenvalue weighted by Gasteiger charge is 2.32. The third kappa shape index (κ3) is 5.10. The lowest BCUT2D eigenvalue weighted by Gasteiger charge is -2.30. The highest BCUT2D eigenvalue weighted by molar-refractivity contribution is 7.89. The summed E-state index contributed by atoms with van der Waals surface area (Å²) in [6, 6.07) is 14.3. The number of carbonyl (C=O) groups excluding carboxylic acids is 2. The first kappa shape index (κ1) is 22.5. The van der Waals surface area contributed by atoms with Crippen molar-refractivity contribution in [1.29, 1.82) is 5.26 Å². The van der Waals surface area contributed by atoms with Crippen LogP contribution < -0.4 is 5.32 Å². The lowest BCUT2D eigenvalue weighted by Crippen LogP contribution is -2.41. The number of hydrogen-bond donors (Lipinski definition) is 1. The van der Waals surface area contributed by atoms with Crippen LogP contribution in [-0.2, 0) is 19.6 Å². The number of rotatable bonds is 6. The van der Waals surface area contributed by atoms with Crippen LogP contribution in [0.5, 0.6) is 0 Å². The van der Waals surface area contributed by atoms with Crippen LogP contribution >= 0.6 is 0 Å². The van der Waals surface area contributed by atoms with E-state index in [2.05, 4.69) is 5.32 Å². The van der Waals surface area contributed by atoms with E-state index in [1.165, 1.54) is 28.6 Å². The van der Waals surface area contributed by atoms with E-state index in [0.717, 1.165) is 0 Å². The molecule has 0 atom stereocenters. The van der Waals surface area contributed by atoms with Gasteiger partial charge in [-0.2, -0.15) is 9.57 Å². The Morgan fingerprint density at radius 2 is 1.77 bits per heavy atom. The first-order chi connectivity index (χ1) is 14.9. The molecular weight excluding hydrogens is 418 g/mol. The molecular formula is C22H23N3O5S. The highest BCUT2D eigenvalue weighted by atomic mass is 32.2. The molecule has 1 saturated heterocycles. The van der Waals surface area contributed by atoms with Crippen LogP contribution in [-0.4, -0.2) is 44.3 Å². The summed E-state index contributed by atoms with van der Waals surface area (Å²) >= 11 is 0. The first-order valence-corrected chi connectivity index (χ1v) is 11.4. The van der Waals surface area contributed by atoms with Gasteiger partial charge in [0.25, 0.3) is 0 Å². The summed E-state index contributed by atoms with van der Waals surface area (Å²) in [5, 5.41) is 11.6. The number of carbonyl (C=O) groups is 2. The molecule has 1 amide bonds. The molecule has 1 aliphatic rings. The van der Waals surface area contributed by atoms with Crippen molar-refractivity contribution in [2.45, 2.75) is 24.7 Å². The maximum atomic E-state index is 12.8. The minimum atomic E-state index is -3.69. The molecule has 2 aromatic rings. The maximum Gasteiger partial charge on any atom is 0.340 e. The quantitative estimate of drug-likeness (QED) is 0.689. The molecule has 1 fully saturated rings. The molecule has 0 saturated carbocycles. The van der Waals surface area contributed by atoms with Crippen molar-refractivity contribution in [3.8, 4) is 6.07 Å². The van der Waals surface area contributed by atoms with E-state index in [4.69, 9.17) is 10.00 Å². The maximum absolute atomic E-state index is 12.8. The topological polar surface area (TPSA) is 117 Å². The van der Waals surface area contributed by atoms with Crippen molar-refractivity contribution in [1.82, 2.24) is 4.31 Å². The third-order valence-corrected chi connectivity index (χ3v) is 7.04. The number of hydrogen-bond acceptors (Lipinski definition) is 6. The second-order valence-electron chi connectivity index (χ2n) is 7.07. The Kier molecular flexibility index (Phi) is 7.05. The van der Waals surface area contributed by atoms with Gasteiger partial charge in [0.15, 0.2) is 0 Å². The summed E-state index contributed by atoms with van der Waals surface area (Å²) in [5.41, 5.74) is 1.04. The minimum absolute atomic E-state index is 0.123. The van der Waals surface area contributed by atoms with Crippen molar-refractivity contribution >= 4 is 27.6 Å². The molecule has 0 radical (unpaired) electrons. The zero-order chi connectivity index (χ0) is 22.4. The van der Waals surface area contributed by atoms with Crippen molar-refractivity contribution in [2.24, 2.45) is 5.92 Å². The van der Waals surface area contributed by atoms with Crippen LogP contribution in [0, 0.1) is 17.2 Å². The molecule has 0 spiro atoms. The number of esters is 1. The standard InChI is InChI=1S/C22H23N3O5S/c1-2-30-22(27)19-5-3-4-6-20(19)24-21(26)17-11-13-25(14-12-17)31(28,29)18-9-7-16(15-23)8-10-18/h3-10,17H,2,11-14H2,1H3,(H,24,26).